The highest BCUT2D eigenvalue weighted by atomic mass is 19.1. The Morgan fingerprint density at radius 2 is 2.00 bits per heavy atom. The number of pyridine rings is 2. The standard InChI is InChI=1S/C26H25FN8O/c1-2-21(36)30-17-10-16(13-28-14-17)15-11-18-22(19(27)12-15)33-34-23(18)26-31-24-20(6-7-29-25(24)32-26)35-8-4-3-5-9-35/h6-7,10-14H,2-5,8-9H2,1H3,(H,30,36)(H,33,34)(H,29,31,32). The number of hydrogen-bond donors (Lipinski definition) is 3. The predicted octanol–water partition coefficient (Wildman–Crippen LogP) is 5.04. The van der Waals surface area contributed by atoms with Gasteiger partial charge >= 0.3 is 0 Å². The van der Waals surface area contributed by atoms with Gasteiger partial charge in [-0.1, -0.05) is 6.92 Å². The summed E-state index contributed by atoms with van der Waals surface area (Å²) in [6.07, 6.45) is 8.91. The van der Waals surface area contributed by atoms with Crippen molar-refractivity contribution < 1.29 is 9.18 Å². The molecule has 1 fully saturated rings. The van der Waals surface area contributed by atoms with Crippen molar-refractivity contribution in [3.63, 3.8) is 0 Å². The number of amides is 1. The molecule has 0 aliphatic carbocycles. The first-order valence-electron chi connectivity index (χ1n) is 12.1. The van der Waals surface area contributed by atoms with Gasteiger partial charge in [0.2, 0.25) is 5.91 Å². The fourth-order valence-corrected chi connectivity index (χ4v) is 4.75. The number of carbonyl (C=O) groups is 1. The molecule has 1 aromatic carbocycles. The average Bonchev–Trinajstić information content (AvgIpc) is 3.53. The number of hydrogen-bond acceptors (Lipinski definition) is 6. The molecular weight excluding hydrogens is 459 g/mol. The van der Waals surface area contributed by atoms with Gasteiger partial charge in [0.15, 0.2) is 17.3 Å². The van der Waals surface area contributed by atoms with Gasteiger partial charge in [-0.25, -0.2) is 14.4 Å². The van der Waals surface area contributed by atoms with Crippen LogP contribution < -0.4 is 10.2 Å². The minimum Gasteiger partial charge on any atom is -0.370 e. The Balaban J connectivity index is 1.43. The zero-order valence-electron chi connectivity index (χ0n) is 19.8. The number of benzene rings is 1. The third-order valence-electron chi connectivity index (χ3n) is 6.59. The topological polar surface area (TPSA) is 115 Å². The molecule has 1 amide bonds. The van der Waals surface area contributed by atoms with Crippen molar-refractivity contribution in [1.82, 2.24) is 30.1 Å². The maximum Gasteiger partial charge on any atom is 0.224 e. The summed E-state index contributed by atoms with van der Waals surface area (Å²) in [6, 6.07) is 7.06. The van der Waals surface area contributed by atoms with Crippen LogP contribution in [0.2, 0.25) is 0 Å². The maximum atomic E-state index is 15.1. The van der Waals surface area contributed by atoms with Gasteiger partial charge in [0.1, 0.15) is 16.7 Å². The first-order chi connectivity index (χ1) is 17.6. The average molecular weight is 485 g/mol. The smallest absolute Gasteiger partial charge is 0.224 e. The lowest BCUT2D eigenvalue weighted by molar-refractivity contribution is -0.115. The summed E-state index contributed by atoms with van der Waals surface area (Å²) in [6.45, 7) is 3.78. The van der Waals surface area contributed by atoms with Gasteiger partial charge in [0, 0.05) is 42.9 Å². The van der Waals surface area contributed by atoms with E-state index in [1.54, 1.807) is 31.6 Å². The van der Waals surface area contributed by atoms with Crippen LogP contribution in [-0.4, -0.2) is 49.1 Å². The number of fused-ring (bicyclic) bond motifs is 2. The summed E-state index contributed by atoms with van der Waals surface area (Å²) in [4.78, 5) is 30.9. The van der Waals surface area contributed by atoms with Crippen molar-refractivity contribution >= 4 is 39.3 Å². The number of imidazole rings is 1. The Kier molecular flexibility index (Phi) is 5.55. The lowest BCUT2D eigenvalue weighted by Gasteiger charge is -2.28. The summed E-state index contributed by atoms with van der Waals surface area (Å²) >= 11 is 0. The van der Waals surface area contributed by atoms with Gasteiger partial charge in [0.25, 0.3) is 0 Å². The van der Waals surface area contributed by atoms with E-state index < -0.39 is 5.82 Å². The molecule has 182 valence electrons. The molecule has 0 spiro atoms. The summed E-state index contributed by atoms with van der Waals surface area (Å²) in [5.74, 6) is -0.0329. The van der Waals surface area contributed by atoms with Gasteiger partial charge in [0.05, 0.1) is 17.6 Å². The molecule has 1 aliphatic rings. The first kappa shape index (κ1) is 22.1. The SMILES string of the molecule is CCC(=O)Nc1cncc(-c2cc(F)c3n[nH]c(-c4nc5nccc(N6CCCCC6)c5[nH]4)c3c2)c1. The fourth-order valence-electron chi connectivity index (χ4n) is 4.75. The van der Waals surface area contributed by atoms with Gasteiger partial charge in [-0.15, -0.1) is 0 Å². The van der Waals surface area contributed by atoms with E-state index in [0.717, 1.165) is 37.1 Å². The van der Waals surface area contributed by atoms with Crippen molar-refractivity contribution in [2.45, 2.75) is 32.6 Å². The summed E-state index contributed by atoms with van der Waals surface area (Å²) in [5.41, 5.74) is 5.19. The molecule has 6 rings (SSSR count). The Morgan fingerprint density at radius 1 is 1.14 bits per heavy atom. The minimum absolute atomic E-state index is 0.116. The van der Waals surface area contributed by atoms with Crippen molar-refractivity contribution in [3.8, 4) is 22.6 Å². The molecule has 0 bridgehead atoms. The third-order valence-corrected chi connectivity index (χ3v) is 6.59. The zero-order chi connectivity index (χ0) is 24.6. The third kappa shape index (κ3) is 3.94. The summed E-state index contributed by atoms with van der Waals surface area (Å²) < 4.78 is 15.1. The second-order valence-electron chi connectivity index (χ2n) is 8.98. The summed E-state index contributed by atoms with van der Waals surface area (Å²) in [5, 5.41) is 10.6. The Labute approximate surface area is 206 Å². The maximum absolute atomic E-state index is 15.1. The molecule has 5 aromatic rings. The van der Waals surface area contributed by atoms with E-state index in [1.165, 1.54) is 12.5 Å². The Bertz CT molecular complexity index is 1580. The number of halogens is 1. The summed E-state index contributed by atoms with van der Waals surface area (Å²) in [7, 11) is 0. The Hall–Kier alpha value is -4.34. The monoisotopic (exact) mass is 484 g/mol. The number of aromatic nitrogens is 6. The quantitative estimate of drug-likeness (QED) is 0.322. The molecule has 5 heterocycles. The van der Waals surface area contributed by atoms with Crippen LogP contribution in [0.15, 0.2) is 42.9 Å². The number of nitrogens with zero attached hydrogens (tertiary/aromatic N) is 5. The molecule has 1 aliphatic heterocycles. The Morgan fingerprint density at radius 3 is 2.83 bits per heavy atom. The van der Waals surface area contributed by atoms with Crippen LogP contribution in [0, 0.1) is 5.82 Å². The van der Waals surface area contributed by atoms with E-state index in [9.17, 15) is 4.79 Å². The van der Waals surface area contributed by atoms with Gasteiger partial charge in [-0.05, 0) is 49.1 Å². The predicted molar refractivity (Wildman–Crippen MR) is 137 cm³/mol. The lowest BCUT2D eigenvalue weighted by Crippen LogP contribution is -2.29. The molecule has 3 N–H and O–H groups in total. The van der Waals surface area contributed by atoms with Crippen molar-refractivity contribution in [2.75, 3.05) is 23.3 Å². The highest BCUT2D eigenvalue weighted by molar-refractivity contribution is 5.97. The molecule has 36 heavy (non-hydrogen) atoms. The molecular formula is C26H25FN8O. The van der Waals surface area contributed by atoms with Crippen LogP contribution in [-0.2, 0) is 4.79 Å². The van der Waals surface area contributed by atoms with Crippen LogP contribution in [0.4, 0.5) is 15.8 Å². The molecule has 0 unspecified atom stereocenters. The van der Waals surface area contributed by atoms with Gasteiger partial charge in [-0.2, -0.15) is 5.10 Å². The number of H-pyrrole nitrogens is 2. The van der Waals surface area contributed by atoms with E-state index in [2.05, 4.69) is 35.4 Å². The van der Waals surface area contributed by atoms with Crippen LogP contribution >= 0.6 is 0 Å². The van der Waals surface area contributed by atoms with E-state index >= 15 is 4.39 Å². The normalized spacial score (nSPS) is 14.0. The highest BCUT2D eigenvalue weighted by Crippen LogP contribution is 2.34. The number of nitrogens with one attached hydrogen (secondary N) is 3. The fraction of sp³-hybridized carbons (Fsp3) is 0.269. The van der Waals surface area contributed by atoms with Gasteiger partial charge < -0.3 is 15.2 Å². The second kappa shape index (κ2) is 9.03. The largest absolute Gasteiger partial charge is 0.370 e. The molecule has 10 heteroatoms. The highest BCUT2D eigenvalue weighted by Gasteiger charge is 2.20. The van der Waals surface area contributed by atoms with Crippen LogP contribution in [0.3, 0.4) is 0 Å². The molecule has 9 nitrogen and oxygen atoms in total. The van der Waals surface area contributed by atoms with Crippen molar-refractivity contribution in [3.05, 3.63) is 48.7 Å². The van der Waals surface area contributed by atoms with Crippen LogP contribution in [0.1, 0.15) is 32.6 Å². The molecule has 0 radical (unpaired) electrons. The number of piperidine rings is 1. The van der Waals surface area contributed by atoms with E-state index in [-0.39, 0.29) is 11.4 Å². The zero-order valence-corrected chi connectivity index (χ0v) is 19.8. The first-order valence-corrected chi connectivity index (χ1v) is 12.1. The number of rotatable bonds is 5. The molecule has 1 saturated heterocycles. The van der Waals surface area contributed by atoms with Crippen molar-refractivity contribution in [2.24, 2.45) is 0 Å². The lowest BCUT2D eigenvalue weighted by atomic mass is 10.0. The van der Waals surface area contributed by atoms with Gasteiger partial charge in [-0.3, -0.25) is 14.9 Å². The molecule has 4 aromatic heterocycles. The number of anilines is 2. The van der Waals surface area contributed by atoms with Crippen molar-refractivity contribution in [1.29, 1.82) is 0 Å². The van der Waals surface area contributed by atoms with Crippen LogP contribution in [0.25, 0.3) is 44.7 Å². The molecule has 0 atom stereocenters. The van der Waals surface area contributed by atoms with E-state index in [4.69, 9.17) is 4.98 Å². The minimum atomic E-state index is -0.462. The van der Waals surface area contributed by atoms with E-state index in [0.29, 0.717) is 45.8 Å². The number of aromatic amines is 2. The number of carbonyl (C=O) groups excluding carboxylic acids is 1. The van der Waals surface area contributed by atoms with E-state index in [1.807, 2.05) is 12.1 Å². The molecule has 0 saturated carbocycles. The van der Waals surface area contributed by atoms with Crippen LogP contribution in [0.5, 0.6) is 0 Å². The second-order valence-corrected chi connectivity index (χ2v) is 8.98.